The lowest BCUT2D eigenvalue weighted by Gasteiger charge is -1.95. The highest BCUT2D eigenvalue weighted by Gasteiger charge is 2.13. The summed E-state index contributed by atoms with van der Waals surface area (Å²) in [6, 6.07) is 0. The summed E-state index contributed by atoms with van der Waals surface area (Å²) in [7, 11) is 0. The Labute approximate surface area is 93.7 Å². The second kappa shape index (κ2) is 4.23. The lowest BCUT2D eigenvalue weighted by atomic mass is 10.4. The lowest BCUT2D eigenvalue weighted by molar-refractivity contribution is 0.0690. The second-order valence-electron chi connectivity index (χ2n) is 2.91. The molecular weight excluding hydrogens is 232 g/mol. The van der Waals surface area contributed by atoms with E-state index < -0.39 is 5.97 Å². The van der Waals surface area contributed by atoms with E-state index in [9.17, 15) is 4.79 Å². The number of aryl methyl sites for hydroxylation is 1. The molecule has 0 aliphatic heterocycles. The number of carboxylic acid groups (broad SMARTS) is 1. The van der Waals surface area contributed by atoms with Crippen LogP contribution in [0.5, 0.6) is 0 Å². The number of thiazole rings is 1. The van der Waals surface area contributed by atoms with Gasteiger partial charge >= 0.3 is 5.97 Å². The largest absolute Gasteiger partial charge is 0.476 e. The standard InChI is InChI=1S/C7H8N6O2S/c1-3-5(6(14)15)9-7(16-3)8-2-4-10-12-13-11-4/h2H2,1H3,(H,8,9)(H,14,15)(H,10,11,12,13). The zero-order valence-electron chi connectivity index (χ0n) is 8.26. The molecular formula is C7H8N6O2S. The number of hydrogen-bond donors (Lipinski definition) is 3. The maximum atomic E-state index is 10.7. The third kappa shape index (κ3) is 2.14. The first-order valence-electron chi connectivity index (χ1n) is 4.33. The van der Waals surface area contributed by atoms with Gasteiger partial charge in [0.1, 0.15) is 0 Å². The maximum Gasteiger partial charge on any atom is 0.355 e. The van der Waals surface area contributed by atoms with Crippen LogP contribution in [-0.2, 0) is 6.54 Å². The van der Waals surface area contributed by atoms with E-state index in [2.05, 4.69) is 30.9 Å². The molecule has 0 saturated carbocycles. The molecule has 0 aliphatic rings. The number of rotatable bonds is 4. The summed E-state index contributed by atoms with van der Waals surface area (Å²) in [5, 5.41) is 25.5. The first kappa shape index (κ1) is 10.5. The van der Waals surface area contributed by atoms with Crippen molar-refractivity contribution in [3.8, 4) is 0 Å². The van der Waals surface area contributed by atoms with Crippen LogP contribution in [0.1, 0.15) is 21.2 Å². The van der Waals surface area contributed by atoms with Crippen molar-refractivity contribution in [1.29, 1.82) is 0 Å². The van der Waals surface area contributed by atoms with E-state index in [0.29, 0.717) is 22.4 Å². The summed E-state index contributed by atoms with van der Waals surface area (Å²) < 4.78 is 0. The first-order valence-corrected chi connectivity index (χ1v) is 5.15. The zero-order chi connectivity index (χ0) is 11.5. The van der Waals surface area contributed by atoms with Crippen molar-refractivity contribution in [2.45, 2.75) is 13.5 Å². The fraction of sp³-hybridized carbons (Fsp3) is 0.286. The Hall–Kier alpha value is -2.03. The van der Waals surface area contributed by atoms with Crippen LogP contribution in [0.2, 0.25) is 0 Å². The minimum absolute atomic E-state index is 0.0700. The molecule has 9 heteroatoms. The van der Waals surface area contributed by atoms with E-state index in [0.717, 1.165) is 0 Å². The van der Waals surface area contributed by atoms with Crippen LogP contribution in [0.25, 0.3) is 0 Å². The number of aromatic carboxylic acids is 1. The van der Waals surface area contributed by atoms with E-state index in [4.69, 9.17) is 5.11 Å². The number of nitrogens with one attached hydrogen (secondary N) is 2. The van der Waals surface area contributed by atoms with E-state index >= 15 is 0 Å². The van der Waals surface area contributed by atoms with Crippen LogP contribution >= 0.6 is 11.3 Å². The number of nitrogens with zero attached hydrogens (tertiary/aromatic N) is 4. The van der Waals surface area contributed by atoms with Gasteiger partial charge in [0.05, 0.1) is 6.54 Å². The van der Waals surface area contributed by atoms with Gasteiger partial charge in [0.15, 0.2) is 16.6 Å². The van der Waals surface area contributed by atoms with Crippen molar-refractivity contribution in [3.05, 3.63) is 16.4 Å². The summed E-state index contributed by atoms with van der Waals surface area (Å²) in [5.74, 6) is -0.536. The van der Waals surface area contributed by atoms with Crippen LogP contribution in [0, 0.1) is 6.92 Å². The molecule has 2 rings (SSSR count). The lowest BCUT2D eigenvalue weighted by Crippen LogP contribution is -2.02. The average molecular weight is 240 g/mol. The van der Waals surface area contributed by atoms with Crippen LogP contribution in [0.15, 0.2) is 0 Å². The molecule has 0 radical (unpaired) electrons. The molecule has 2 heterocycles. The molecule has 3 N–H and O–H groups in total. The Morgan fingerprint density at radius 1 is 1.62 bits per heavy atom. The van der Waals surface area contributed by atoms with Crippen molar-refractivity contribution in [3.63, 3.8) is 0 Å². The number of aromatic amines is 1. The van der Waals surface area contributed by atoms with E-state index in [-0.39, 0.29) is 5.69 Å². The SMILES string of the molecule is Cc1sc(NCc2nn[nH]n2)nc1C(=O)O. The smallest absolute Gasteiger partial charge is 0.355 e. The van der Waals surface area contributed by atoms with Crippen molar-refractivity contribution in [2.75, 3.05) is 5.32 Å². The van der Waals surface area contributed by atoms with Gasteiger partial charge in [-0.15, -0.1) is 21.5 Å². The predicted molar refractivity (Wildman–Crippen MR) is 55.3 cm³/mol. The minimum Gasteiger partial charge on any atom is -0.476 e. The maximum absolute atomic E-state index is 10.7. The minimum atomic E-state index is -1.03. The third-order valence-electron chi connectivity index (χ3n) is 1.79. The normalized spacial score (nSPS) is 10.3. The first-order chi connectivity index (χ1) is 7.66. The van der Waals surface area contributed by atoms with Gasteiger partial charge in [-0.05, 0) is 6.92 Å². The molecule has 84 valence electrons. The number of tetrazole rings is 1. The summed E-state index contributed by atoms with van der Waals surface area (Å²) in [6.07, 6.45) is 0. The van der Waals surface area contributed by atoms with Gasteiger partial charge < -0.3 is 10.4 Å². The Morgan fingerprint density at radius 3 is 3.00 bits per heavy atom. The molecule has 0 amide bonds. The Balaban J connectivity index is 2.05. The Bertz CT molecular complexity index is 493. The van der Waals surface area contributed by atoms with Crippen LogP contribution in [-0.4, -0.2) is 36.7 Å². The van der Waals surface area contributed by atoms with Gasteiger partial charge in [0.2, 0.25) is 0 Å². The molecule has 8 nitrogen and oxygen atoms in total. The Kier molecular flexibility index (Phi) is 2.77. The van der Waals surface area contributed by atoms with Crippen molar-refractivity contribution < 1.29 is 9.90 Å². The number of carbonyl (C=O) groups is 1. The number of anilines is 1. The van der Waals surface area contributed by atoms with Gasteiger partial charge in [-0.25, -0.2) is 9.78 Å². The van der Waals surface area contributed by atoms with Crippen LogP contribution in [0.4, 0.5) is 5.13 Å². The van der Waals surface area contributed by atoms with Gasteiger partial charge in [0.25, 0.3) is 0 Å². The average Bonchev–Trinajstić information content (AvgIpc) is 2.83. The summed E-state index contributed by atoms with van der Waals surface area (Å²) in [6.45, 7) is 2.06. The monoisotopic (exact) mass is 240 g/mol. The molecule has 0 atom stereocenters. The summed E-state index contributed by atoms with van der Waals surface area (Å²) in [4.78, 5) is 15.3. The fourth-order valence-corrected chi connectivity index (χ4v) is 1.88. The molecule has 0 unspecified atom stereocenters. The van der Waals surface area contributed by atoms with Crippen molar-refractivity contribution >= 4 is 22.4 Å². The molecule has 0 aromatic carbocycles. The molecule has 0 saturated heterocycles. The fourth-order valence-electron chi connectivity index (χ4n) is 1.08. The molecule has 16 heavy (non-hydrogen) atoms. The van der Waals surface area contributed by atoms with E-state index in [1.807, 2.05) is 0 Å². The number of H-pyrrole nitrogens is 1. The van der Waals surface area contributed by atoms with Gasteiger partial charge in [-0.1, -0.05) is 5.21 Å². The predicted octanol–water partition coefficient (Wildman–Crippen LogP) is 0.275. The highest BCUT2D eigenvalue weighted by molar-refractivity contribution is 7.15. The molecule has 0 bridgehead atoms. The van der Waals surface area contributed by atoms with Gasteiger partial charge in [-0.2, -0.15) is 5.21 Å². The second-order valence-corrected chi connectivity index (χ2v) is 4.11. The van der Waals surface area contributed by atoms with Gasteiger partial charge in [-0.3, -0.25) is 0 Å². The number of carboxylic acids is 1. The van der Waals surface area contributed by atoms with Gasteiger partial charge in [0, 0.05) is 4.88 Å². The van der Waals surface area contributed by atoms with Crippen molar-refractivity contribution in [2.24, 2.45) is 0 Å². The van der Waals surface area contributed by atoms with Crippen LogP contribution in [0.3, 0.4) is 0 Å². The van der Waals surface area contributed by atoms with Crippen LogP contribution < -0.4 is 5.32 Å². The highest BCUT2D eigenvalue weighted by Crippen LogP contribution is 2.22. The quantitative estimate of drug-likeness (QED) is 0.702. The molecule has 2 aromatic rings. The molecule has 2 aromatic heterocycles. The summed E-state index contributed by atoms with van der Waals surface area (Å²) in [5.41, 5.74) is 0.0700. The van der Waals surface area contributed by atoms with E-state index in [1.54, 1.807) is 6.92 Å². The number of aromatic nitrogens is 5. The molecule has 0 spiro atoms. The molecule has 0 aliphatic carbocycles. The van der Waals surface area contributed by atoms with Crippen molar-refractivity contribution in [1.82, 2.24) is 25.6 Å². The molecule has 0 fully saturated rings. The Morgan fingerprint density at radius 2 is 2.44 bits per heavy atom. The summed E-state index contributed by atoms with van der Waals surface area (Å²) >= 11 is 1.28. The third-order valence-corrected chi connectivity index (χ3v) is 2.71. The number of hydrogen-bond acceptors (Lipinski definition) is 7. The highest BCUT2D eigenvalue weighted by atomic mass is 32.1. The topological polar surface area (TPSA) is 117 Å². The van der Waals surface area contributed by atoms with E-state index in [1.165, 1.54) is 11.3 Å². The zero-order valence-corrected chi connectivity index (χ0v) is 9.08.